The van der Waals surface area contributed by atoms with Gasteiger partial charge in [-0.15, -0.1) is 0 Å². The predicted molar refractivity (Wildman–Crippen MR) is 136 cm³/mol. The zero-order valence-corrected chi connectivity index (χ0v) is 20.9. The van der Waals surface area contributed by atoms with E-state index in [4.69, 9.17) is 4.74 Å². The van der Waals surface area contributed by atoms with Crippen molar-refractivity contribution in [2.45, 2.75) is 32.2 Å². The highest BCUT2D eigenvalue weighted by molar-refractivity contribution is 9.10. The molecule has 1 atom stereocenters. The van der Waals surface area contributed by atoms with Crippen molar-refractivity contribution in [2.75, 3.05) is 0 Å². The minimum absolute atomic E-state index is 0.0540. The summed E-state index contributed by atoms with van der Waals surface area (Å²) in [6.07, 6.45) is 0.272. The molecular weight excluding hydrogens is 525 g/mol. The van der Waals surface area contributed by atoms with Gasteiger partial charge in [-0.25, -0.2) is 9.37 Å². The molecule has 2 heterocycles. The molecule has 8 heteroatoms. The topological polar surface area (TPSA) is 73.2 Å². The lowest BCUT2D eigenvalue weighted by molar-refractivity contribution is -0.147. The zero-order valence-electron chi connectivity index (χ0n) is 19.3. The third kappa shape index (κ3) is 5.15. The third-order valence-corrected chi connectivity index (χ3v) is 6.63. The van der Waals surface area contributed by atoms with E-state index in [1.165, 1.54) is 12.1 Å². The summed E-state index contributed by atoms with van der Waals surface area (Å²) >= 11 is 3.23. The molecule has 1 aliphatic rings. The number of rotatable bonds is 7. The van der Waals surface area contributed by atoms with Crippen LogP contribution in [0.15, 0.2) is 83.3 Å². The first kappa shape index (κ1) is 24.1. The summed E-state index contributed by atoms with van der Waals surface area (Å²) in [7, 11) is 0. The Labute approximate surface area is 216 Å². The number of carbonyl (C=O) groups is 2. The highest BCUT2D eigenvalue weighted by Gasteiger charge is 2.32. The summed E-state index contributed by atoms with van der Waals surface area (Å²) in [5.41, 5.74) is 3.26. The summed E-state index contributed by atoms with van der Waals surface area (Å²) < 4.78 is 22.5. The zero-order chi connectivity index (χ0) is 25.1. The van der Waals surface area contributed by atoms with Crippen LogP contribution in [0.25, 0.3) is 0 Å². The quantitative estimate of drug-likeness (QED) is 0.265. The van der Waals surface area contributed by atoms with Gasteiger partial charge in [0.05, 0.1) is 17.0 Å². The van der Waals surface area contributed by atoms with Crippen LogP contribution in [0.4, 0.5) is 4.39 Å². The van der Waals surface area contributed by atoms with Crippen molar-refractivity contribution in [3.8, 4) is 0 Å². The first-order valence-electron chi connectivity index (χ1n) is 11.6. The molecule has 3 aromatic carbocycles. The molecule has 0 bridgehead atoms. The first-order valence-corrected chi connectivity index (χ1v) is 12.3. The molecule has 6 nitrogen and oxygen atoms in total. The lowest BCUT2D eigenvalue weighted by atomic mass is 10.1. The molecule has 0 spiro atoms. The number of halogens is 2. The normalized spacial score (nSPS) is 14.8. The van der Waals surface area contributed by atoms with Gasteiger partial charge in [0.2, 0.25) is 5.78 Å². The Balaban J connectivity index is 1.43. The van der Waals surface area contributed by atoms with E-state index in [0.29, 0.717) is 23.3 Å². The van der Waals surface area contributed by atoms with Crippen LogP contribution in [0.5, 0.6) is 0 Å². The maximum atomic E-state index is 14.7. The number of nitrogens with zero attached hydrogens (tertiary/aromatic N) is 2. The SMILES string of the molecule is O=C(c1ccc(Br)cc1F)c1nc2c(n1Cc1ccccc1)CN[C@H](C(=O)OCc1ccccc1)C2. The van der Waals surface area contributed by atoms with Gasteiger partial charge in [-0.2, -0.15) is 0 Å². The molecule has 1 N–H and O–H groups in total. The van der Waals surface area contributed by atoms with Crippen molar-refractivity contribution in [1.82, 2.24) is 14.9 Å². The minimum Gasteiger partial charge on any atom is -0.460 e. The van der Waals surface area contributed by atoms with E-state index in [0.717, 1.165) is 16.8 Å². The van der Waals surface area contributed by atoms with E-state index in [9.17, 15) is 14.0 Å². The number of aromatic nitrogens is 2. The molecule has 4 aromatic rings. The number of nitrogens with one attached hydrogen (secondary N) is 1. The van der Waals surface area contributed by atoms with Gasteiger partial charge in [-0.3, -0.25) is 14.9 Å². The second-order valence-corrected chi connectivity index (χ2v) is 9.50. The average molecular weight is 548 g/mol. The van der Waals surface area contributed by atoms with Gasteiger partial charge in [0.15, 0.2) is 5.82 Å². The average Bonchev–Trinajstić information content (AvgIpc) is 3.25. The second-order valence-electron chi connectivity index (χ2n) is 8.58. The Hall–Kier alpha value is -3.62. The molecule has 1 aliphatic heterocycles. The molecule has 0 aliphatic carbocycles. The van der Waals surface area contributed by atoms with Crippen LogP contribution in [-0.2, 0) is 35.6 Å². The van der Waals surface area contributed by atoms with Crippen molar-refractivity contribution >= 4 is 27.7 Å². The Bertz CT molecular complexity index is 1410. The van der Waals surface area contributed by atoms with E-state index in [1.54, 1.807) is 6.07 Å². The number of carbonyl (C=O) groups excluding carboxylic acids is 2. The fourth-order valence-electron chi connectivity index (χ4n) is 4.28. The van der Waals surface area contributed by atoms with Gasteiger partial charge in [0.25, 0.3) is 0 Å². The number of hydrogen-bond donors (Lipinski definition) is 1. The molecule has 0 amide bonds. The van der Waals surface area contributed by atoms with Gasteiger partial charge in [0, 0.05) is 24.0 Å². The summed E-state index contributed by atoms with van der Waals surface area (Å²) in [5.74, 6) is -1.37. The second kappa shape index (κ2) is 10.6. The van der Waals surface area contributed by atoms with Gasteiger partial charge < -0.3 is 9.30 Å². The van der Waals surface area contributed by atoms with Gasteiger partial charge >= 0.3 is 5.97 Å². The molecule has 0 saturated heterocycles. The lowest BCUT2D eigenvalue weighted by Gasteiger charge is -2.23. The predicted octanol–water partition coefficient (Wildman–Crippen LogP) is 4.82. The summed E-state index contributed by atoms with van der Waals surface area (Å²) in [5, 5.41) is 3.22. The molecule has 36 heavy (non-hydrogen) atoms. The van der Waals surface area contributed by atoms with Gasteiger partial charge in [-0.1, -0.05) is 76.6 Å². The smallest absolute Gasteiger partial charge is 0.323 e. The monoisotopic (exact) mass is 547 g/mol. The van der Waals surface area contributed by atoms with E-state index in [1.807, 2.05) is 65.2 Å². The Morgan fingerprint density at radius 1 is 1.03 bits per heavy atom. The van der Waals surface area contributed by atoms with Gasteiger partial charge in [-0.05, 0) is 29.3 Å². The number of imidazole rings is 1. The fraction of sp³-hybridized carbons (Fsp3) is 0.179. The third-order valence-electron chi connectivity index (χ3n) is 6.14. The van der Waals surface area contributed by atoms with Gasteiger partial charge in [0.1, 0.15) is 18.5 Å². The maximum absolute atomic E-state index is 14.7. The van der Waals surface area contributed by atoms with E-state index < -0.39 is 17.6 Å². The largest absolute Gasteiger partial charge is 0.460 e. The lowest BCUT2D eigenvalue weighted by Crippen LogP contribution is -2.43. The Morgan fingerprint density at radius 2 is 1.72 bits per heavy atom. The van der Waals surface area contributed by atoms with Crippen molar-refractivity contribution in [1.29, 1.82) is 0 Å². The molecule has 5 rings (SSSR count). The van der Waals surface area contributed by atoms with Crippen LogP contribution in [0.2, 0.25) is 0 Å². The molecule has 0 fully saturated rings. The van der Waals surface area contributed by atoms with Crippen molar-refractivity contribution in [2.24, 2.45) is 0 Å². The van der Waals surface area contributed by atoms with Crippen LogP contribution < -0.4 is 5.32 Å². The van der Waals surface area contributed by atoms with Crippen LogP contribution in [0.3, 0.4) is 0 Å². The van der Waals surface area contributed by atoms with Crippen LogP contribution >= 0.6 is 15.9 Å². The minimum atomic E-state index is -0.623. The maximum Gasteiger partial charge on any atom is 0.323 e. The number of benzene rings is 3. The van der Waals surface area contributed by atoms with Crippen molar-refractivity contribution in [3.63, 3.8) is 0 Å². The first-order chi connectivity index (χ1) is 17.5. The highest BCUT2D eigenvalue weighted by Crippen LogP contribution is 2.24. The molecule has 182 valence electrons. The number of ether oxygens (including phenoxy) is 1. The summed E-state index contributed by atoms with van der Waals surface area (Å²) in [6, 6.07) is 22.9. The van der Waals surface area contributed by atoms with E-state index >= 15 is 0 Å². The molecule has 0 unspecified atom stereocenters. The molecule has 0 radical (unpaired) electrons. The van der Waals surface area contributed by atoms with E-state index in [2.05, 4.69) is 26.2 Å². The molecule has 0 saturated carbocycles. The fourth-order valence-corrected chi connectivity index (χ4v) is 4.62. The van der Waals surface area contributed by atoms with Crippen LogP contribution in [0.1, 0.15) is 38.7 Å². The Kier molecular flexibility index (Phi) is 7.06. The van der Waals surface area contributed by atoms with Crippen molar-refractivity contribution < 1.29 is 18.7 Å². The summed E-state index contributed by atoms with van der Waals surface area (Å²) in [6.45, 7) is 0.906. The molecule has 1 aromatic heterocycles. The van der Waals surface area contributed by atoms with E-state index in [-0.39, 0.29) is 30.4 Å². The standard InChI is InChI=1S/C28H23BrFN3O3/c29-20-11-12-21(22(30)13-20)26(34)27-32-23-14-24(28(35)36-17-19-9-5-2-6-10-19)31-15-25(23)33(27)16-18-7-3-1-4-8-18/h1-13,24,31H,14-17H2/t24-/m0/s1. The number of ketones is 1. The summed E-state index contributed by atoms with van der Waals surface area (Å²) in [4.78, 5) is 30.8. The van der Waals surface area contributed by atoms with Crippen LogP contribution in [-0.4, -0.2) is 27.3 Å². The number of esters is 1. The molecular formula is C28H23BrFN3O3. The van der Waals surface area contributed by atoms with Crippen LogP contribution in [0, 0.1) is 5.82 Å². The number of fused-ring (bicyclic) bond motifs is 1. The highest BCUT2D eigenvalue weighted by atomic mass is 79.9. The van der Waals surface area contributed by atoms with Crippen molar-refractivity contribution in [3.05, 3.63) is 123 Å². The Morgan fingerprint density at radius 3 is 2.42 bits per heavy atom. The number of hydrogen-bond acceptors (Lipinski definition) is 5.